The van der Waals surface area contributed by atoms with Gasteiger partial charge in [-0.25, -0.2) is 0 Å². The summed E-state index contributed by atoms with van der Waals surface area (Å²) in [4.78, 5) is 0. The Morgan fingerprint density at radius 1 is 1.00 bits per heavy atom. The standard InChI is InChI=1S/C25H31OSi2.C3H6.2ClH.Zr/c1-27(2)25-23(16-17-26-28(3,4)5)20-12-8-9-13-21(20)24(25)22-15-14-18-10-6-7-11-19(18)22;1-3-2;;;/h6-15,24,27H,16-17H2,1-5H3;1-2H3;2*1H;/q;;;;+2/p-2. The summed E-state index contributed by atoms with van der Waals surface area (Å²) in [5.74, 6) is 0.508. The van der Waals surface area contributed by atoms with E-state index >= 15 is 0 Å². The average Bonchev–Trinajstić information content (AvgIpc) is 3.24. The summed E-state index contributed by atoms with van der Waals surface area (Å²) in [7, 11) is -2.56. The SMILES string of the molecule is C[C](C)=[Zr+2][C]1(C2C([SiH](C)C)=C(CCO[Si](C)(C)C)c3ccccc32)C=Cc2ccccc21.[Cl-].[Cl-]. The first-order chi connectivity index (χ1) is 15.1. The van der Waals surface area contributed by atoms with Gasteiger partial charge in [-0.1, -0.05) is 0 Å². The molecular weight excluding hydrogens is 571 g/mol. The van der Waals surface area contributed by atoms with E-state index in [-0.39, 0.29) is 27.9 Å². The molecule has 0 N–H and O–H groups in total. The third-order valence-corrected chi connectivity index (χ3v) is 13.6. The van der Waals surface area contributed by atoms with E-state index in [4.69, 9.17) is 4.43 Å². The van der Waals surface area contributed by atoms with E-state index in [1.165, 1.54) is 11.1 Å². The Morgan fingerprint density at radius 3 is 2.29 bits per heavy atom. The van der Waals surface area contributed by atoms with Crippen LogP contribution in [0, 0.1) is 0 Å². The van der Waals surface area contributed by atoms with E-state index in [0.717, 1.165) is 13.0 Å². The fourth-order valence-electron chi connectivity index (χ4n) is 5.61. The Balaban J connectivity index is 0.00000204. The van der Waals surface area contributed by atoms with E-state index in [1.54, 1.807) is 25.1 Å². The summed E-state index contributed by atoms with van der Waals surface area (Å²) >= 11 is -0.854. The van der Waals surface area contributed by atoms with E-state index in [9.17, 15) is 0 Å². The van der Waals surface area contributed by atoms with Crippen molar-refractivity contribution in [3.8, 4) is 0 Å². The maximum atomic E-state index is 6.35. The smallest absolute Gasteiger partial charge is 1.00 e. The number of hydrogen-bond acceptors (Lipinski definition) is 1. The molecule has 0 saturated carbocycles. The van der Waals surface area contributed by atoms with Gasteiger partial charge in [-0.3, -0.25) is 0 Å². The number of halogens is 2. The van der Waals surface area contributed by atoms with Crippen molar-refractivity contribution in [1.29, 1.82) is 0 Å². The van der Waals surface area contributed by atoms with E-state index in [0.29, 0.717) is 5.92 Å². The van der Waals surface area contributed by atoms with Gasteiger partial charge in [0.05, 0.1) is 0 Å². The van der Waals surface area contributed by atoms with Crippen molar-refractivity contribution in [2.45, 2.75) is 62.0 Å². The average molecular weight is 608 g/mol. The molecule has 0 fully saturated rings. The second-order valence-corrected chi connectivity index (χ2v) is 23.3. The molecule has 34 heavy (non-hydrogen) atoms. The van der Waals surface area contributed by atoms with Crippen LogP contribution in [0.2, 0.25) is 32.7 Å². The predicted octanol–water partition coefficient (Wildman–Crippen LogP) is 1.03. The Morgan fingerprint density at radius 2 is 1.65 bits per heavy atom. The molecule has 2 aliphatic carbocycles. The first-order valence-electron chi connectivity index (χ1n) is 12.0. The van der Waals surface area contributed by atoms with Gasteiger partial charge in [0, 0.05) is 0 Å². The zero-order valence-corrected chi connectivity index (χ0v) is 27.6. The fourth-order valence-corrected chi connectivity index (χ4v) is 13.3. The van der Waals surface area contributed by atoms with Crippen LogP contribution in [-0.2, 0) is 30.3 Å². The van der Waals surface area contributed by atoms with Crippen LogP contribution in [0.1, 0.15) is 48.4 Å². The van der Waals surface area contributed by atoms with Gasteiger partial charge in [-0.15, -0.1) is 0 Å². The topological polar surface area (TPSA) is 9.23 Å². The molecule has 2 aliphatic rings. The van der Waals surface area contributed by atoms with Gasteiger partial charge in [0.25, 0.3) is 0 Å². The quantitative estimate of drug-likeness (QED) is 0.428. The Bertz CT molecular complexity index is 1110. The maximum absolute atomic E-state index is 6.35. The molecule has 2 aromatic rings. The summed E-state index contributed by atoms with van der Waals surface area (Å²) in [5, 5.41) is 1.80. The van der Waals surface area contributed by atoms with E-state index in [1.807, 2.05) is 0 Å². The molecule has 0 radical (unpaired) electrons. The van der Waals surface area contributed by atoms with Crippen LogP contribution in [0.4, 0.5) is 0 Å². The summed E-state index contributed by atoms with van der Waals surface area (Å²) in [5.41, 5.74) is 7.73. The van der Waals surface area contributed by atoms with Crippen LogP contribution in [-0.4, -0.2) is 26.9 Å². The zero-order valence-electron chi connectivity index (χ0n) is 21.5. The predicted molar refractivity (Wildman–Crippen MR) is 142 cm³/mol. The second kappa shape index (κ2) is 11.8. The fraction of sp³-hybridized carbons (Fsp3) is 0.393. The number of fused-ring (bicyclic) bond motifs is 2. The van der Waals surface area contributed by atoms with Gasteiger partial charge in [0.2, 0.25) is 0 Å². The van der Waals surface area contributed by atoms with Crippen LogP contribution in [0.15, 0.2) is 59.8 Å². The number of allylic oxidation sites excluding steroid dienone is 2. The molecule has 4 rings (SSSR count). The third kappa shape index (κ3) is 5.79. The third-order valence-electron chi connectivity index (χ3n) is 6.61. The molecule has 2 aromatic carbocycles. The Kier molecular flexibility index (Phi) is 10.4. The number of rotatable bonds is 7. The van der Waals surface area contributed by atoms with Crippen LogP contribution < -0.4 is 24.8 Å². The van der Waals surface area contributed by atoms with Gasteiger partial charge in [0.15, 0.2) is 0 Å². The molecule has 0 aliphatic heterocycles. The van der Waals surface area contributed by atoms with Gasteiger partial charge >= 0.3 is 210 Å². The minimum Gasteiger partial charge on any atom is -1.00 e. The van der Waals surface area contributed by atoms with Gasteiger partial charge in [-0.05, 0) is 0 Å². The zero-order chi connectivity index (χ0) is 23.1. The van der Waals surface area contributed by atoms with Crippen LogP contribution in [0.5, 0.6) is 0 Å². The molecule has 6 heteroatoms. The normalized spacial score (nSPS) is 20.4. The first kappa shape index (κ1) is 29.9. The molecule has 0 saturated heterocycles. The summed E-state index contributed by atoms with van der Waals surface area (Å²) in [6, 6.07) is 18.5. The van der Waals surface area contributed by atoms with Crippen molar-refractivity contribution in [1.82, 2.24) is 0 Å². The molecule has 1 nitrogen and oxygen atoms in total. The molecular formula is C28H37Cl2OSi2Zr. The Hall–Kier alpha value is -0.353. The minimum atomic E-state index is -1.51. The monoisotopic (exact) mass is 605 g/mol. The van der Waals surface area contributed by atoms with Crippen molar-refractivity contribution >= 4 is 32.0 Å². The largest absolute Gasteiger partial charge is 1.00 e. The summed E-state index contributed by atoms with van der Waals surface area (Å²) < 4.78 is 8.21. The molecule has 0 aromatic heterocycles. The number of hydrogen-bond donors (Lipinski definition) is 0. The van der Waals surface area contributed by atoms with Crippen molar-refractivity contribution in [3.05, 3.63) is 82.1 Å². The maximum Gasteiger partial charge on any atom is -1.00 e. The van der Waals surface area contributed by atoms with Crippen LogP contribution in [0.25, 0.3) is 11.6 Å². The molecule has 2 atom stereocenters. The van der Waals surface area contributed by atoms with Crippen LogP contribution in [0.3, 0.4) is 0 Å². The Labute approximate surface area is 233 Å². The first-order valence-corrected chi connectivity index (χ1v) is 20.7. The number of benzene rings is 2. The van der Waals surface area contributed by atoms with Crippen molar-refractivity contribution in [3.63, 3.8) is 0 Å². The molecule has 0 spiro atoms. The summed E-state index contributed by atoms with van der Waals surface area (Å²) in [6.07, 6.45) is 6.10. The minimum absolute atomic E-state index is 0. The van der Waals surface area contributed by atoms with Crippen molar-refractivity contribution in [2.75, 3.05) is 6.61 Å². The van der Waals surface area contributed by atoms with Crippen molar-refractivity contribution in [2.24, 2.45) is 0 Å². The van der Waals surface area contributed by atoms with E-state index in [2.05, 4.69) is 107 Å². The van der Waals surface area contributed by atoms with E-state index < -0.39 is 39.9 Å². The van der Waals surface area contributed by atoms with Crippen LogP contribution >= 0.6 is 0 Å². The van der Waals surface area contributed by atoms with Gasteiger partial charge in [-0.2, -0.15) is 0 Å². The molecule has 2 unspecified atom stereocenters. The molecule has 181 valence electrons. The van der Waals surface area contributed by atoms with Crippen molar-refractivity contribution < 1.29 is 52.0 Å². The molecule has 0 heterocycles. The van der Waals surface area contributed by atoms with Gasteiger partial charge in [0.1, 0.15) is 0 Å². The van der Waals surface area contributed by atoms with Gasteiger partial charge < -0.3 is 24.8 Å². The second-order valence-electron chi connectivity index (χ2n) is 10.7. The summed E-state index contributed by atoms with van der Waals surface area (Å²) in [6.45, 7) is 17.6. The molecule has 0 amide bonds. The molecule has 0 bridgehead atoms.